The van der Waals surface area contributed by atoms with Crippen LogP contribution in [0.3, 0.4) is 0 Å². The minimum absolute atomic E-state index is 0.498. The molecule has 1 saturated carbocycles. The Bertz CT molecular complexity index is 461. The lowest BCUT2D eigenvalue weighted by atomic mass is 9.85. The molecule has 0 amide bonds. The predicted octanol–water partition coefficient (Wildman–Crippen LogP) is 3.34. The monoisotopic (exact) mass is 309 g/mol. The highest BCUT2D eigenvalue weighted by atomic mass is 32.2. The molecule has 4 nitrogen and oxygen atoms in total. The van der Waals surface area contributed by atoms with Gasteiger partial charge in [0.05, 0.1) is 0 Å². The second kappa shape index (κ2) is 8.51. The van der Waals surface area contributed by atoms with E-state index in [1.54, 1.807) is 6.07 Å². The Morgan fingerprint density at radius 2 is 2.10 bits per heavy atom. The molecule has 0 saturated heterocycles. The van der Waals surface area contributed by atoms with Crippen molar-refractivity contribution in [3.05, 3.63) is 29.8 Å². The SMILES string of the molecule is CC(CC1CCCCC1)NCc1cccc(NS(=O)[O-])c1. The maximum Gasteiger partial charge on any atom is 0.0455 e. The summed E-state index contributed by atoms with van der Waals surface area (Å²) in [6, 6.07) is 8.01. The van der Waals surface area contributed by atoms with Crippen LogP contribution in [0.2, 0.25) is 0 Å². The first kappa shape index (κ1) is 16.5. The topological polar surface area (TPSA) is 64.2 Å². The molecule has 0 aromatic heterocycles. The molecule has 2 N–H and O–H groups in total. The van der Waals surface area contributed by atoms with Crippen LogP contribution in [0.15, 0.2) is 24.3 Å². The van der Waals surface area contributed by atoms with Gasteiger partial charge in [0.2, 0.25) is 0 Å². The molecular weight excluding hydrogens is 284 g/mol. The first-order chi connectivity index (χ1) is 10.1. The van der Waals surface area contributed by atoms with Gasteiger partial charge in [-0.2, -0.15) is 0 Å². The molecule has 5 heteroatoms. The fourth-order valence-electron chi connectivity index (χ4n) is 3.14. The first-order valence-electron chi connectivity index (χ1n) is 7.81. The molecule has 0 radical (unpaired) electrons. The minimum atomic E-state index is -2.26. The van der Waals surface area contributed by atoms with E-state index < -0.39 is 11.3 Å². The molecule has 0 spiro atoms. The van der Waals surface area contributed by atoms with Crippen molar-refractivity contribution in [3.8, 4) is 0 Å². The summed E-state index contributed by atoms with van der Waals surface area (Å²) in [5.74, 6) is 0.872. The van der Waals surface area contributed by atoms with Gasteiger partial charge in [0.15, 0.2) is 0 Å². The van der Waals surface area contributed by atoms with Crippen LogP contribution in [0, 0.1) is 5.92 Å². The lowest BCUT2D eigenvalue weighted by Gasteiger charge is -2.25. The van der Waals surface area contributed by atoms with Crippen molar-refractivity contribution in [2.75, 3.05) is 4.72 Å². The lowest BCUT2D eigenvalue weighted by molar-refractivity contribution is 0.304. The van der Waals surface area contributed by atoms with Crippen molar-refractivity contribution in [2.24, 2.45) is 5.92 Å². The maximum atomic E-state index is 10.6. The normalized spacial score (nSPS) is 19.1. The number of nitrogens with one attached hydrogen (secondary N) is 2. The molecule has 1 aliphatic rings. The fraction of sp³-hybridized carbons (Fsp3) is 0.625. The van der Waals surface area contributed by atoms with Gasteiger partial charge in [-0.1, -0.05) is 44.2 Å². The molecule has 0 heterocycles. The summed E-state index contributed by atoms with van der Waals surface area (Å²) in [5.41, 5.74) is 1.71. The molecule has 2 atom stereocenters. The summed E-state index contributed by atoms with van der Waals surface area (Å²) in [7, 11) is 0. The van der Waals surface area contributed by atoms with Gasteiger partial charge < -0.3 is 14.6 Å². The van der Waals surface area contributed by atoms with Crippen molar-refractivity contribution in [2.45, 2.75) is 58.0 Å². The van der Waals surface area contributed by atoms with Crippen molar-refractivity contribution >= 4 is 17.0 Å². The van der Waals surface area contributed by atoms with Gasteiger partial charge in [0, 0.05) is 29.5 Å². The molecule has 2 rings (SSSR count). The van der Waals surface area contributed by atoms with Crippen molar-refractivity contribution < 1.29 is 8.76 Å². The van der Waals surface area contributed by atoms with Crippen LogP contribution < -0.4 is 10.0 Å². The van der Waals surface area contributed by atoms with E-state index in [1.807, 2.05) is 18.2 Å². The highest BCUT2D eigenvalue weighted by Crippen LogP contribution is 2.27. The minimum Gasteiger partial charge on any atom is -0.755 e. The summed E-state index contributed by atoms with van der Waals surface area (Å²) >= 11 is -2.26. The van der Waals surface area contributed by atoms with Crippen molar-refractivity contribution in [3.63, 3.8) is 0 Å². The Balaban J connectivity index is 1.77. The second-order valence-corrected chi connectivity index (χ2v) is 6.73. The van der Waals surface area contributed by atoms with Crippen LogP contribution in [-0.2, 0) is 17.8 Å². The number of benzene rings is 1. The third-order valence-corrected chi connectivity index (χ3v) is 4.60. The molecule has 0 bridgehead atoms. The maximum absolute atomic E-state index is 10.6. The Kier molecular flexibility index (Phi) is 6.67. The largest absolute Gasteiger partial charge is 0.755 e. The van der Waals surface area contributed by atoms with E-state index in [9.17, 15) is 8.76 Å². The number of rotatable bonds is 7. The van der Waals surface area contributed by atoms with Crippen molar-refractivity contribution in [1.29, 1.82) is 0 Å². The van der Waals surface area contributed by atoms with Crippen LogP contribution in [-0.4, -0.2) is 14.8 Å². The van der Waals surface area contributed by atoms with E-state index in [2.05, 4.69) is 17.0 Å². The smallest absolute Gasteiger partial charge is 0.0455 e. The van der Waals surface area contributed by atoms with Crippen LogP contribution >= 0.6 is 0 Å². The Hall–Kier alpha value is -0.910. The molecular formula is C16H25N2O2S-. The summed E-state index contributed by atoms with van der Waals surface area (Å²) in [6.07, 6.45) is 8.16. The van der Waals surface area contributed by atoms with E-state index >= 15 is 0 Å². The zero-order valence-electron chi connectivity index (χ0n) is 12.6. The first-order valence-corrected chi connectivity index (χ1v) is 8.89. The molecule has 21 heavy (non-hydrogen) atoms. The van der Waals surface area contributed by atoms with E-state index in [4.69, 9.17) is 0 Å². The average molecular weight is 309 g/mol. The Labute approximate surface area is 130 Å². The Morgan fingerprint density at radius 3 is 2.81 bits per heavy atom. The molecule has 1 aliphatic carbocycles. The quantitative estimate of drug-likeness (QED) is 0.759. The van der Waals surface area contributed by atoms with Crippen molar-refractivity contribution in [1.82, 2.24) is 5.32 Å². The van der Waals surface area contributed by atoms with Gasteiger partial charge in [-0.05, 0) is 37.0 Å². The zero-order valence-corrected chi connectivity index (χ0v) is 13.5. The highest BCUT2D eigenvalue weighted by Gasteiger charge is 2.16. The third-order valence-electron chi connectivity index (χ3n) is 4.19. The van der Waals surface area contributed by atoms with E-state index in [0.717, 1.165) is 18.0 Å². The lowest BCUT2D eigenvalue weighted by Crippen LogP contribution is -2.28. The van der Waals surface area contributed by atoms with Crippen LogP contribution in [0.5, 0.6) is 0 Å². The van der Waals surface area contributed by atoms with Gasteiger partial charge in [-0.15, -0.1) is 0 Å². The van der Waals surface area contributed by atoms with Gasteiger partial charge in [0.25, 0.3) is 0 Å². The highest BCUT2D eigenvalue weighted by molar-refractivity contribution is 7.80. The fourth-order valence-corrected chi connectivity index (χ4v) is 3.46. The van der Waals surface area contributed by atoms with Gasteiger partial charge in [-0.25, -0.2) is 0 Å². The zero-order chi connectivity index (χ0) is 15.1. The standard InChI is InChI=1S/C16H26N2O2S/c1-13(10-14-6-3-2-4-7-14)17-12-15-8-5-9-16(11-15)18-21(19)20/h5,8-9,11,13-14,17-18H,2-4,6-7,10,12H2,1H3,(H,19,20)/p-1. The molecule has 118 valence electrons. The molecule has 1 aromatic carbocycles. The molecule has 0 aliphatic heterocycles. The summed E-state index contributed by atoms with van der Waals surface area (Å²) in [5, 5.41) is 3.54. The number of anilines is 1. The van der Waals surface area contributed by atoms with Gasteiger partial charge >= 0.3 is 0 Å². The summed E-state index contributed by atoms with van der Waals surface area (Å²) < 4.78 is 23.7. The summed E-state index contributed by atoms with van der Waals surface area (Å²) in [4.78, 5) is 0. The molecule has 1 aromatic rings. The number of hydrogen-bond acceptors (Lipinski definition) is 3. The van der Waals surface area contributed by atoms with Gasteiger partial charge in [-0.3, -0.25) is 4.21 Å². The number of hydrogen-bond donors (Lipinski definition) is 2. The molecule has 2 unspecified atom stereocenters. The third kappa shape index (κ3) is 6.16. The Morgan fingerprint density at radius 1 is 1.33 bits per heavy atom. The van der Waals surface area contributed by atoms with Crippen LogP contribution in [0.25, 0.3) is 0 Å². The van der Waals surface area contributed by atoms with Crippen LogP contribution in [0.1, 0.15) is 51.0 Å². The average Bonchev–Trinajstić information content (AvgIpc) is 2.46. The van der Waals surface area contributed by atoms with Crippen LogP contribution in [0.4, 0.5) is 5.69 Å². The second-order valence-electron chi connectivity index (χ2n) is 6.06. The summed E-state index contributed by atoms with van der Waals surface area (Å²) in [6.45, 7) is 3.01. The van der Waals surface area contributed by atoms with E-state index in [1.165, 1.54) is 38.5 Å². The van der Waals surface area contributed by atoms with E-state index in [-0.39, 0.29) is 0 Å². The van der Waals surface area contributed by atoms with E-state index in [0.29, 0.717) is 11.7 Å². The molecule has 1 fully saturated rings. The predicted molar refractivity (Wildman–Crippen MR) is 86.5 cm³/mol. The van der Waals surface area contributed by atoms with Gasteiger partial charge in [0.1, 0.15) is 0 Å².